The molecular formula is C84H161NO5. The van der Waals surface area contributed by atoms with Gasteiger partial charge in [-0.3, -0.25) is 9.59 Å². The highest BCUT2D eigenvalue weighted by Crippen LogP contribution is 2.20. The van der Waals surface area contributed by atoms with E-state index < -0.39 is 12.1 Å². The van der Waals surface area contributed by atoms with Crippen LogP contribution in [-0.4, -0.2) is 47.4 Å². The molecule has 0 aliphatic heterocycles. The molecule has 0 spiro atoms. The summed E-state index contributed by atoms with van der Waals surface area (Å²) in [6, 6.07) is -0.625. The maximum Gasteiger partial charge on any atom is 0.305 e. The van der Waals surface area contributed by atoms with Gasteiger partial charge in [0.25, 0.3) is 0 Å². The lowest BCUT2D eigenvalue weighted by Gasteiger charge is -2.20. The second-order valence-electron chi connectivity index (χ2n) is 28.4. The summed E-state index contributed by atoms with van der Waals surface area (Å²) in [5, 5.41) is 23.3. The fourth-order valence-corrected chi connectivity index (χ4v) is 13.1. The van der Waals surface area contributed by atoms with E-state index in [1.807, 2.05) is 6.08 Å². The number of unbranched alkanes of at least 4 members (excludes halogenated alkanes) is 63. The second kappa shape index (κ2) is 79.5. The Hall–Kier alpha value is -1.92. The second-order valence-corrected chi connectivity index (χ2v) is 28.4. The van der Waals surface area contributed by atoms with Crippen LogP contribution < -0.4 is 5.32 Å². The molecule has 6 nitrogen and oxygen atoms in total. The van der Waals surface area contributed by atoms with Crippen molar-refractivity contribution >= 4 is 11.9 Å². The van der Waals surface area contributed by atoms with Crippen LogP contribution in [-0.2, 0) is 14.3 Å². The molecular weight excluding hydrogens is 1100 g/mol. The predicted octanol–water partition coefficient (Wildman–Crippen LogP) is 27.4. The van der Waals surface area contributed by atoms with Gasteiger partial charge in [0.05, 0.1) is 25.4 Å². The fourth-order valence-electron chi connectivity index (χ4n) is 13.1. The molecule has 90 heavy (non-hydrogen) atoms. The number of hydrogen-bond acceptors (Lipinski definition) is 5. The zero-order chi connectivity index (χ0) is 64.9. The number of ether oxygens (including phenoxy) is 1. The molecule has 2 unspecified atom stereocenters. The summed E-state index contributed by atoms with van der Waals surface area (Å²) in [6.07, 6.45) is 104. The topological polar surface area (TPSA) is 95.9 Å². The Morgan fingerprint density at radius 3 is 0.789 bits per heavy atom. The molecule has 0 rings (SSSR count). The Bertz CT molecular complexity index is 1460. The first-order chi connectivity index (χ1) is 44.5. The number of hydrogen-bond donors (Lipinski definition) is 3. The lowest BCUT2D eigenvalue weighted by atomic mass is 10.0. The van der Waals surface area contributed by atoms with Crippen LogP contribution in [0, 0.1) is 0 Å². The van der Waals surface area contributed by atoms with Gasteiger partial charge < -0.3 is 20.3 Å². The van der Waals surface area contributed by atoms with E-state index in [1.54, 1.807) is 6.08 Å². The van der Waals surface area contributed by atoms with Crippen LogP contribution >= 0.6 is 0 Å². The molecule has 6 heteroatoms. The summed E-state index contributed by atoms with van der Waals surface area (Å²) in [7, 11) is 0. The SMILES string of the molecule is CCCCCCCCC/C=C\CCCCCCCC(=O)OCCCCCCCCCCCCCCCCCCCC/C=C\CCCCCCCCCCCCCCCCCCCC(=O)NC(CO)C(O)/C=C/CCCCCCCCCCCCCCCCCC. The van der Waals surface area contributed by atoms with Crippen LogP contribution in [0.4, 0.5) is 0 Å². The van der Waals surface area contributed by atoms with Gasteiger partial charge in [-0.05, 0) is 83.5 Å². The molecule has 0 aliphatic rings. The number of amides is 1. The average molecular weight is 1270 g/mol. The van der Waals surface area contributed by atoms with E-state index in [0.29, 0.717) is 19.4 Å². The van der Waals surface area contributed by atoms with Crippen molar-refractivity contribution in [3.05, 3.63) is 36.5 Å². The summed E-state index contributed by atoms with van der Waals surface area (Å²) < 4.78 is 5.51. The van der Waals surface area contributed by atoms with Crippen molar-refractivity contribution in [2.24, 2.45) is 0 Å². The number of allylic oxidation sites excluding steroid dienone is 5. The Balaban J connectivity index is 3.34. The molecule has 0 aromatic rings. The van der Waals surface area contributed by atoms with E-state index in [4.69, 9.17) is 4.74 Å². The largest absolute Gasteiger partial charge is 0.466 e. The van der Waals surface area contributed by atoms with Gasteiger partial charge in [-0.1, -0.05) is 403 Å². The standard InChI is InChI=1S/C84H161NO5/c1-3-5-7-9-11-13-15-17-19-21-45-48-52-56-60-64-68-72-76-82(87)81(80-86)85-83(88)77-73-69-65-61-57-53-49-46-43-41-39-37-35-33-31-29-27-25-23-22-24-26-28-30-32-34-36-38-40-42-44-47-51-55-59-63-67-71-75-79-90-84(89)78-74-70-66-62-58-54-50-20-18-16-14-12-10-8-6-4-2/h20,22-23,50,72,76,81-82,86-87H,3-19,21,24-49,51-71,73-75,77-80H2,1-2H3,(H,85,88)/b23-22-,50-20-,76-72+. The Kier molecular flexibility index (Phi) is 77.8. The molecule has 3 N–H and O–H groups in total. The normalized spacial score (nSPS) is 12.6. The molecule has 0 radical (unpaired) electrons. The predicted molar refractivity (Wildman–Crippen MR) is 398 cm³/mol. The molecule has 0 bridgehead atoms. The minimum Gasteiger partial charge on any atom is -0.466 e. The molecule has 0 heterocycles. The first kappa shape index (κ1) is 88.1. The highest BCUT2D eigenvalue weighted by atomic mass is 16.5. The first-order valence-electron chi connectivity index (χ1n) is 41.3. The summed E-state index contributed by atoms with van der Waals surface area (Å²) >= 11 is 0. The van der Waals surface area contributed by atoms with E-state index in [-0.39, 0.29) is 18.5 Å². The summed E-state index contributed by atoms with van der Waals surface area (Å²) in [6.45, 7) is 4.95. The lowest BCUT2D eigenvalue weighted by molar-refractivity contribution is -0.143. The van der Waals surface area contributed by atoms with Crippen molar-refractivity contribution in [3.8, 4) is 0 Å². The smallest absolute Gasteiger partial charge is 0.305 e. The third-order valence-corrected chi connectivity index (χ3v) is 19.4. The zero-order valence-corrected chi connectivity index (χ0v) is 61.1. The summed E-state index contributed by atoms with van der Waals surface area (Å²) in [5.74, 6) is -0.0440. The van der Waals surface area contributed by atoms with E-state index >= 15 is 0 Å². The first-order valence-corrected chi connectivity index (χ1v) is 41.3. The van der Waals surface area contributed by atoms with Crippen LogP contribution in [0.3, 0.4) is 0 Å². The minimum absolute atomic E-state index is 0.0156. The van der Waals surface area contributed by atoms with Crippen LogP contribution in [0.5, 0.6) is 0 Å². The van der Waals surface area contributed by atoms with Gasteiger partial charge in [-0.2, -0.15) is 0 Å². The van der Waals surface area contributed by atoms with Gasteiger partial charge in [-0.15, -0.1) is 0 Å². The third-order valence-electron chi connectivity index (χ3n) is 19.4. The maximum absolute atomic E-state index is 12.5. The average Bonchev–Trinajstić information content (AvgIpc) is 3.68. The number of aliphatic hydroxyl groups excluding tert-OH is 2. The van der Waals surface area contributed by atoms with Gasteiger partial charge in [-0.25, -0.2) is 0 Å². The number of aliphatic hydroxyl groups is 2. The highest BCUT2D eigenvalue weighted by Gasteiger charge is 2.18. The highest BCUT2D eigenvalue weighted by molar-refractivity contribution is 5.76. The Morgan fingerprint density at radius 2 is 0.522 bits per heavy atom. The molecule has 0 aliphatic carbocycles. The molecule has 0 aromatic heterocycles. The molecule has 0 aromatic carbocycles. The van der Waals surface area contributed by atoms with Gasteiger partial charge >= 0.3 is 5.97 Å². The van der Waals surface area contributed by atoms with Crippen LogP contribution in [0.15, 0.2) is 36.5 Å². The van der Waals surface area contributed by atoms with Crippen molar-refractivity contribution in [2.45, 2.75) is 475 Å². The van der Waals surface area contributed by atoms with Crippen molar-refractivity contribution in [1.82, 2.24) is 5.32 Å². The van der Waals surface area contributed by atoms with Gasteiger partial charge in [0.2, 0.25) is 5.91 Å². The number of esters is 1. The molecule has 0 saturated heterocycles. The number of rotatable bonds is 78. The van der Waals surface area contributed by atoms with Crippen molar-refractivity contribution in [2.75, 3.05) is 13.2 Å². The molecule has 2 atom stereocenters. The number of carbonyl (C=O) groups excluding carboxylic acids is 2. The van der Waals surface area contributed by atoms with E-state index in [0.717, 1.165) is 44.9 Å². The van der Waals surface area contributed by atoms with E-state index in [9.17, 15) is 19.8 Å². The monoisotopic (exact) mass is 1260 g/mol. The van der Waals surface area contributed by atoms with Crippen molar-refractivity contribution in [1.29, 1.82) is 0 Å². The Morgan fingerprint density at radius 1 is 0.300 bits per heavy atom. The van der Waals surface area contributed by atoms with Crippen molar-refractivity contribution < 1.29 is 24.5 Å². The van der Waals surface area contributed by atoms with Crippen LogP contribution in [0.1, 0.15) is 463 Å². The van der Waals surface area contributed by atoms with E-state index in [2.05, 4.69) is 43.5 Å². The molecule has 0 fully saturated rings. The summed E-state index contributed by atoms with van der Waals surface area (Å²) in [4.78, 5) is 24.6. The zero-order valence-electron chi connectivity index (χ0n) is 61.1. The van der Waals surface area contributed by atoms with Crippen LogP contribution in [0.2, 0.25) is 0 Å². The quantitative estimate of drug-likeness (QED) is 0.0320. The third kappa shape index (κ3) is 75.1. The number of nitrogens with one attached hydrogen (secondary N) is 1. The molecule has 1 amide bonds. The van der Waals surface area contributed by atoms with Crippen LogP contribution in [0.25, 0.3) is 0 Å². The van der Waals surface area contributed by atoms with Gasteiger partial charge in [0, 0.05) is 12.8 Å². The number of carbonyl (C=O) groups is 2. The Labute approximate surface area is 564 Å². The van der Waals surface area contributed by atoms with E-state index in [1.165, 1.54) is 392 Å². The maximum atomic E-state index is 12.5. The minimum atomic E-state index is -0.842. The molecule has 0 saturated carbocycles. The fraction of sp³-hybridized carbons (Fsp3) is 0.905. The lowest BCUT2D eigenvalue weighted by Crippen LogP contribution is -2.45. The van der Waals surface area contributed by atoms with Crippen molar-refractivity contribution in [3.63, 3.8) is 0 Å². The van der Waals surface area contributed by atoms with Gasteiger partial charge in [0.15, 0.2) is 0 Å². The van der Waals surface area contributed by atoms with Gasteiger partial charge in [0.1, 0.15) is 0 Å². The summed E-state index contributed by atoms with van der Waals surface area (Å²) in [5.41, 5.74) is 0. The molecule has 532 valence electrons.